The van der Waals surface area contributed by atoms with Gasteiger partial charge in [0.2, 0.25) is 0 Å². The molecule has 0 aromatic heterocycles. The van der Waals surface area contributed by atoms with Gasteiger partial charge in [-0.3, -0.25) is 9.59 Å². The number of nitrogens with one attached hydrogen (secondary N) is 1. The van der Waals surface area contributed by atoms with Crippen LogP contribution in [0.25, 0.3) is 0 Å². The Morgan fingerprint density at radius 3 is 2.24 bits per heavy atom. The van der Waals surface area contributed by atoms with E-state index < -0.39 is 23.7 Å². The first-order valence-electron chi connectivity index (χ1n) is 8.89. The number of rotatable bonds is 7. The van der Waals surface area contributed by atoms with Crippen molar-refractivity contribution in [3.63, 3.8) is 0 Å². The van der Waals surface area contributed by atoms with Crippen LogP contribution in [0.1, 0.15) is 16.4 Å². The van der Waals surface area contributed by atoms with Gasteiger partial charge in [0.1, 0.15) is 11.3 Å². The molecule has 0 spiro atoms. The molecule has 0 fully saturated rings. The lowest BCUT2D eigenvalue weighted by atomic mass is 10.1. The number of nitrogens with zero attached hydrogens (tertiary/aromatic N) is 1. The molecule has 6 heteroatoms. The van der Waals surface area contributed by atoms with E-state index in [0.29, 0.717) is 11.3 Å². The Morgan fingerprint density at radius 2 is 1.55 bits per heavy atom. The summed E-state index contributed by atoms with van der Waals surface area (Å²) in [5.74, 6) is -1.01. The van der Waals surface area contributed by atoms with Gasteiger partial charge in [0.15, 0.2) is 6.61 Å². The summed E-state index contributed by atoms with van der Waals surface area (Å²) in [5.41, 5.74) is 1.52. The van der Waals surface area contributed by atoms with Gasteiger partial charge in [-0.05, 0) is 29.8 Å². The van der Waals surface area contributed by atoms with E-state index in [2.05, 4.69) is 5.32 Å². The zero-order valence-electron chi connectivity index (χ0n) is 15.4. The van der Waals surface area contributed by atoms with E-state index in [-0.39, 0.29) is 0 Å². The molecule has 1 N–H and O–H groups in total. The lowest BCUT2D eigenvalue weighted by Crippen LogP contribution is -2.23. The first-order chi connectivity index (χ1) is 14.2. The van der Waals surface area contributed by atoms with Crippen LogP contribution in [0.3, 0.4) is 0 Å². The van der Waals surface area contributed by atoms with Crippen molar-refractivity contribution in [2.75, 3.05) is 11.9 Å². The maximum Gasteiger partial charge on any atom is 0.324 e. The van der Waals surface area contributed by atoms with Crippen LogP contribution in [0.15, 0.2) is 89.8 Å². The second-order valence-corrected chi connectivity index (χ2v) is 7.21. The summed E-state index contributed by atoms with van der Waals surface area (Å²) >= 11 is 1.36. The SMILES string of the molecule is N#Cc1ccccc1NC(=O)COC(=O)[C@@H](Sc1ccccc1)c1ccccc1. The van der Waals surface area contributed by atoms with E-state index >= 15 is 0 Å². The molecule has 0 radical (unpaired) electrons. The number of benzene rings is 3. The molecule has 3 rings (SSSR count). The van der Waals surface area contributed by atoms with Crippen LogP contribution in [0.2, 0.25) is 0 Å². The third-order valence-electron chi connectivity index (χ3n) is 3.98. The number of nitriles is 1. The van der Waals surface area contributed by atoms with Gasteiger partial charge in [-0.2, -0.15) is 5.26 Å². The van der Waals surface area contributed by atoms with E-state index in [1.54, 1.807) is 24.3 Å². The van der Waals surface area contributed by atoms with Crippen LogP contribution in [0.5, 0.6) is 0 Å². The summed E-state index contributed by atoms with van der Waals surface area (Å²) in [5, 5.41) is 11.1. The zero-order valence-corrected chi connectivity index (χ0v) is 16.3. The minimum Gasteiger partial charge on any atom is -0.454 e. The quantitative estimate of drug-likeness (QED) is 0.462. The van der Waals surface area contributed by atoms with Crippen molar-refractivity contribution in [2.45, 2.75) is 10.1 Å². The number of para-hydroxylation sites is 1. The number of carbonyl (C=O) groups excluding carboxylic acids is 2. The smallest absolute Gasteiger partial charge is 0.324 e. The molecule has 1 amide bonds. The minimum atomic E-state index is -0.599. The van der Waals surface area contributed by atoms with Gasteiger partial charge < -0.3 is 10.1 Å². The average molecular weight is 402 g/mol. The van der Waals surface area contributed by atoms with Crippen LogP contribution in [-0.2, 0) is 14.3 Å². The lowest BCUT2D eigenvalue weighted by Gasteiger charge is -2.16. The van der Waals surface area contributed by atoms with E-state index in [0.717, 1.165) is 10.5 Å². The van der Waals surface area contributed by atoms with Crippen molar-refractivity contribution in [3.8, 4) is 6.07 Å². The van der Waals surface area contributed by atoms with Gasteiger partial charge in [0.05, 0.1) is 11.3 Å². The Bertz CT molecular complexity index is 1020. The summed E-state index contributed by atoms with van der Waals surface area (Å²) in [6, 6.07) is 27.5. The van der Waals surface area contributed by atoms with Gasteiger partial charge in [0, 0.05) is 4.90 Å². The topological polar surface area (TPSA) is 79.2 Å². The first-order valence-corrected chi connectivity index (χ1v) is 9.77. The van der Waals surface area contributed by atoms with Crippen LogP contribution >= 0.6 is 11.8 Å². The number of hydrogen-bond donors (Lipinski definition) is 1. The fourth-order valence-electron chi connectivity index (χ4n) is 2.60. The van der Waals surface area contributed by atoms with Crippen molar-refractivity contribution in [2.24, 2.45) is 0 Å². The monoisotopic (exact) mass is 402 g/mol. The molecule has 0 saturated heterocycles. The highest BCUT2D eigenvalue weighted by Gasteiger charge is 2.24. The highest BCUT2D eigenvalue weighted by molar-refractivity contribution is 8.00. The molecule has 144 valence electrons. The number of amides is 1. The Kier molecular flexibility index (Phi) is 7.04. The lowest BCUT2D eigenvalue weighted by molar-refractivity contribution is -0.146. The molecule has 0 bridgehead atoms. The Hall–Kier alpha value is -3.56. The van der Waals surface area contributed by atoms with Gasteiger partial charge in [0.25, 0.3) is 5.91 Å². The predicted octanol–water partition coefficient (Wildman–Crippen LogP) is 4.57. The number of ether oxygens (including phenoxy) is 1. The molecule has 0 aliphatic heterocycles. The molecule has 0 heterocycles. The van der Waals surface area contributed by atoms with E-state index in [1.807, 2.05) is 66.7 Å². The molecule has 5 nitrogen and oxygen atoms in total. The Labute approximate surface area is 173 Å². The van der Waals surface area contributed by atoms with E-state index in [4.69, 9.17) is 10.00 Å². The van der Waals surface area contributed by atoms with Crippen LogP contribution in [0.4, 0.5) is 5.69 Å². The minimum absolute atomic E-state index is 0.342. The second-order valence-electron chi connectivity index (χ2n) is 6.03. The molecule has 0 saturated carbocycles. The number of esters is 1. The highest BCUT2D eigenvalue weighted by Crippen LogP contribution is 2.36. The maximum absolute atomic E-state index is 12.8. The van der Waals surface area contributed by atoms with Crippen LogP contribution in [0, 0.1) is 11.3 Å². The van der Waals surface area contributed by atoms with Crippen molar-refractivity contribution in [3.05, 3.63) is 96.1 Å². The fraction of sp³-hybridized carbons (Fsp3) is 0.0870. The van der Waals surface area contributed by atoms with E-state index in [9.17, 15) is 9.59 Å². The van der Waals surface area contributed by atoms with Crippen molar-refractivity contribution < 1.29 is 14.3 Å². The normalized spacial score (nSPS) is 11.1. The number of hydrogen-bond acceptors (Lipinski definition) is 5. The number of carbonyl (C=O) groups is 2. The number of anilines is 1. The molecular weight excluding hydrogens is 384 g/mol. The van der Waals surface area contributed by atoms with Crippen molar-refractivity contribution >= 4 is 29.3 Å². The Morgan fingerprint density at radius 1 is 0.931 bits per heavy atom. The van der Waals surface area contributed by atoms with Gasteiger partial charge in [-0.15, -0.1) is 11.8 Å². The Balaban J connectivity index is 1.67. The predicted molar refractivity (Wildman–Crippen MR) is 112 cm³/mol. The molecule has 0 unspecified atom stereocenters. The van der Waals surface area contributed by atoms with Crippen molar-refractivity contribution in [1.29, 1.82) is 5.26 Å². The average Bonchev–Trinajstić information content (AvgIpc) is 2.77. The second kappa shape index (κ2) is 10.1. The highest BCUT2D eigenvalue weighted by atomic mass is 32.2. The molecule has 3 aromatic rings. The summed E-state index contributed by atoms with van der Waals surface area (Å²) < 4.78 is 5.28. The molecule has 29 heavy (non-hydrogen) atoms. The summed E-state index contributed by atoms with van der Waals surface area (Å²) in [7, 11) is 0. The van der Waals surface area contributed by atoms with Gasteiger partial charge in [-0.1, -0.05) is 60.7 Å². The first kappa shape index (κ1) is 20.2. The van der Waals surface area contributed by atoms with Crippen molar-refractivity contribution in [1.82, 2.24) is 0 Å². The van der Waals surface area contributed by atoms with Crippen LogP contribution < -0.4 is 5.32 Å². The zero-order chi connectivity index (χ0) is 20.5. The molecular formula is C23H18N2O3S. The van der Waals surface area contributed by atoms with Gasteiger partial charge >= 0.3 is 5.97 Å². The largest absolute Gasteiger partial charge is 0.454 e. The summed E-state index contributed by atoms with van der Waals surface area (Å²) in [6.07, 6.45) is 0. The third-order valence-corrected chi connectivity index (χ3v) is 5.23. The molecule has 0 aliphatic carbocycles. The maximum atomic E-state index is 12.8. The summed E-state index contributed by atoms with van der Waals surface area (Å²) in [6.45, 7) is -0.433. The summed E-state index contributed by atoms with van der Waals surface area (Å²) in [4.78, 5) is 25.9. The third kappa shape index (κ3) is 5.71. The standard InChI is InChI=1S/C23H18N2O3S/c24-15-18-11-7-8-14-20(18)25-21(26)16-28-23(27)22(17-9-3-1-4-10-17)29-19-12-5-2-6-13-19/h1-14,22H,16H2,(H,25,26)/t22-/m0/s1. The fourth-order valence-corrected chi connectivity index (χ4v) is 3.65. The molecule has 0 aliphatic rings. The van der Waals surface area contributed by atoms with Gasteiger partial charge in [-0.25, -0.2) is 0 Å². The van der Waals surface area contributed by atoms with E-state index in [1.165, 1.54) is 11.8 Å². The molecule has 1 atom stereocenters. The molecule has 3 aromatic carbocycles. The van der Waals surface area contributed by atoms with Crippen LogP contribution in [-0.4, -0.2) is 18.5 Å². The number of thioether (sulfide) groups is 1.